The largest absolute Gasteiger partial charge is 0.351 e. The van der Waals surface area contributed by atoms with E-state index in [0.717, 1.165) is 12.3 Å². The molecule has 7 heteroatoms. The Balaban J connectivity index is 1.89. The number of Topliss-reactive ketones (excluding diaryl/α,β-unsaturated/α-hetero) is 2. The lowest BCUT2D eigenvalue weighted by Crippen LogP contribution is -2.41. The molecule has 1 saturated carbocycles. The predicted octanol–water partition coefficient (Wildman–Crippen LogP) is 4.19. The Morgan fingerprint density at radius 2 is 1.74 bits per heavy atom. The van der Waals surface area contributed by atoms with Crippen LogP contribution in [-0.2, 0) is 14.4 Å². The van der Waals surface area contributed by atoms with E-state index in [1.54, 1.807) is 26.0 Å². The molecular formula is C24H26F2N2O3. The average molecular weight is 428 g/mol. The molecule has 2 unspecified atom stereocenters. The summed E-state index contributed by atoms with van der Waals surface area (Å²) in [4.78, 5) is 41.9. The number of ketones is 2. The molecule has 0 spiro atoms. The molecule has 0 radical (unpaired) electrons. The third-order valence-corrected chi connectivity index (χ3v) is 5.37. The summed E-state index contributed by atoms with van der Waals surface area (Å²) >= 11 is 0. The third kappa shape index (κ3) is 4.86. The molecule has 1 aliphatic carbocycles. The van der Waals surface area contributed by atoms with Gasteiger partial charge in [0, 0.05) is 35.9 Å². The van der Waals surface area contributed by atoms with Crippen molar-refractivity contribution >= 4 is 17.5 Å². The molecule has 2 atom stereocenters. The second-order valence-electron chi connectivity index (χ2n) is 9.21. The van der Waals surface area contributed by atoms with Crippen LogP contribution in [0, 0.1) is 31.4 Å². The highest BCUT2D eigenvalue weighted by atomic mass is 19.1. The number of nitrogens with one attached hydrogen (secondary N) is 1. The van der Waals surface area contributed by atoms with Gasteiger partial charge in [0.05, 0.1) is 6.20 Å². The van der Waals surface area contributed by atoms with E-state index in [-0.39, 0.29) is 36.0 Å². The highest BCUT2D eigenvalue weighted by Crippen LogP contribution is 2.38. The number of halogens is 2. The fourth-order valence-electron chi connectivity index (χ4n) is 4.22. The quantitative estimate of drug-likeness (QED) is 0.741. The summed E-state index contributed by atoms with van der Waals surface area (Å²) in [6, 6.07) is 4.05. The van der Waals surface area contributed by atoms with Crippen molar-refractivity contribution in [1.29, 1.82) is 0 Å². The van der Waals surface area contributed by atoms with Gasteiger partial charge in [0.1, 0.15) is 23.2 Å². The minimum atomic E-state index is -0.937. The van der Waals surface area contributed by atoms with Crippen molar-refractivity contribution in [3.8, 4) is 11.3 Å². The topological polar surface area (TPSA) is 76.1 Å². The van der Waals surface area contributed by atoms with Crippen LogP contribution in [-0.4, -0.2) is 28.0 Å². The summed E-state index contributed by atoms with van der Waals surface area (Å²) in [5, 5.41) is 2.82. The number of nitrogens with zero attached hydrogens (tertiary/aromatic N) is 1. The maximum absolute atomic E-state index is 14.2. The maximum atomic E-state index is 14.2. The Labute approximate surface area is 180 Å². The molecule has 164 valence electrons. The van der Waals surface area contributed by atoms with Crippen LogP contribution in [0.3, 0.4) is 0 Å². The summed E-state index contributed by atoms with van der Waals surface area (Å²) in [5.41, 5.74) is 1.89. The van der Waals surface area contributed by atoms with E-state index in [4.69, 9.17) is 0 Å². The molecule has 0 bridgehead atoms. The first-order valence-corrected chi connectivity index (χ1v) is 10.2. The molecule has 3 rings (SSSR count). The van der Waals surface area contributed by atoms with Gasteiger partial charge in [-0.25, -0.2) is 8.78 Å². The van der Waals surface area contributed by atoms with Gasteiger partial charge in [-0.05, 0) is 63.4 Å². The average Bonchev–Trinajstić information content (AvgIpc) is 2.87. The van der Waals surface area contributed by atoms with Crippen molar-refractivity contribution in [2.45, 2.75) is 58.9 Å². The number of aryl methyl sites for hydroxylation is 2. The summed E-state index contributed by atoms with van der Waals surface area (Å²) in [6.07, 6.45) is 0.934. The molecule has 1 heterocycles. The highest BCUT2D eigenvalue weighted by Gasteiger charge is 2.44. The van der Waals surface area contributed by atoms with Crippen molar-refractivity contribution in [2.24, 2.45) is 5.92 Å². The number of pyridine rings is 1. The summed E-state index contributed by atoms with van der Waals surface area (Å²) in [6.45, 7) is 9.04. The van der Waals surface area contributed by atoms with Gasteiger partial charge >= 0.3 is 0 Å². The first kappa shape index (κ1) is 22.7. The van der Waals surface area contributed by atoms with E-state index >= 15 is 0 Å². The number of rotatable bonds is 4. The molecule has 0 saturated heterocycles. The molecular weight excluding hydrogens is 402 g/mol. The summed E-state index contributed by atoms with van der Waals surface area (Å²) < 4.78 is 27.4. The van der Waals surface area contributed by atoms with Gasteiger partial charge in [-0.2, -0.15) is 0 Å². The smallest absolute Gasteiger partial charge is 0.221 e. The number of hydrogen-bond acceptors (Lipinski definition) is 4. The second-order valence-corrected chi connectivity index (χ2v) is 9.21. The van der Waals surface area contributed by atoms with Gasteiger partial charge in [0.2, 0.25) is 5.91 Å². The van der Waals surface area contributed by atoms with Gasteiger partial charge in [0.15, 0.2) is 11.6 Å². The van der Waals surface area contributed by atoms with Crippen LogP contribution in [0.15, 0.2) is 24.4 Å². The molecule has 1 aromatic carbocycles. The Bertz CT molecular complexity index is 1050. The van der Waals surface area contributed by atoms with Crippen molar-refractivity contribution in [3.63, 3.8) is 0 Å². The lowest BCUT2D eigenvalue weighted by atomic mass is 9.85. The van der Waals surface area contributed by atoms with E-state index in [0.29, 0.717) is 22.3 Å². The van der Waals surface area contributed by atoms with Crippen molar-refractivity contribution in [3.05, 3.63) is 52.7 Å². The molecule has 5 nitrogen and oxygen atoms in total. The van der Waals surface area contributed by atoms with Crippen LogP contribution < -0.4 is 5.32 Å². The normalized spacial score (nSPS) is 19.1. The van der Waals surface area contributed by atoms with Crippen LogP contribution in [0.4, 0.5) is 8.78 Å². The standard InChI is InChI=1S/C24H26F2N2O3/c1-12-6-14(22-17(26)10-16(25)11-27-22)7-13(2)20(12)21-18(29)8-15(23(21)31)9-19(30)28-24(3,4)5/h6-7,10-11,15,21H,8-9H2,1-5H3,(H,28,30). The Morgan fingerprint density at radius 3 is 2.29 bits per heavy atom. The zero-order valence-electron chi connectivity index (χ0n) is 18.3. The monoisotopic (exact) mass is 428 g/mol. The minimum Gasteiger partial charge on any atom is -0.351 e. The number of amides is 1. The van der Waals surface area contributed by atoms with E-state index in [1.807, 2.05) is 20.8 Å². The van der Waals surface area contributed by atoms with Crippen molar-refractivity contribution in [2.75, 3.05) is 0 Å². The zero-order valence-corrected chi connectivity index (χ0v) is 18.3. The van der Waals surface area contributed by atoms with E-state index in [1.165, 1.54) is 0 Å². The molecule has 31 heavy (non-hydrogen) atoms. The first-order chi connectivity index (χ1) is 14.4. The molecule has 2 aromatic rings. The first-order valence-electron chi connectivity index (χ1n) is 10.2. The molecule has 1 aromatic heterocycles. The fourth-order valence-corrected chi connectivity index (χ4v) is 4.22. The Kier molecular flexibility index (Phi) is 6.07. The number of benzene rings is 1. The van der Waals surface area contributed by atoms with Gasteiger partial charge in [-0.15, -0.1) is 0 Å². The van der Waals surface area contributed by atoms with Crippen molar-refractivity contribution < 1.29 is 23.2 Å². The van der Waals surface area contributed by atoms with Gasteiger partial charge in [-0.3, -0.25) is 19.4 Å². The molecule has 1 fully saturated rings. The van der Waals surface area contributed by atoms with E-state index in [9.17, 15) is 23.2 Å². The second kappa shape index (κ2) is 8.29. The highest BCUT2D eigenvalue weighted by molar-refractivity contribution is 6.15. The molecule has 1 amide bonds. The van der Waals surface area contributed by atoms with E-state index < -0.39 is 29.0 Å². The van der Waals surface area contributed by atoms with Gasteiger partial charge < -0.3 is 5.32 Å². The lowest BCUT2D eigenvalue weighted by molar-refractivity contribution is -0.129. The summed E-state index contributed by atoms with van der Waals surface area (Å²) in [5.74, 6) is -3.90. The minimum absolute atomic E-state index is 0.0000436. The molecule has 1 N–H and O–H groups in total. The van der Waals surface area contributed by atoms with E-state index in [2.05, 4.69) is 10.3 Å². The van der Waals surface area contributed by atoms with Gasteiger partial charge in [-0.1, -0.05) is 0 Å². The van der Waals surface area contributed by atoms with Crippen LogP contribution in [0.5, 0.6) is 0 Å². The number of carbonyl (C=O) groups excluding carboxylic acids is 3. The number of carbonyl (C=O) groups is 3. The van der Waals surface area contributed by atoms with Gasteiger partial charge in [0.25, 0.3) is 0 Å². The van der Waals surface area contributed by atoms with Crippen LogP contribution in [0.2, 0.25) is 0 Å². The van der Waals surface area contributed by atoms with Crippen LogP contribution >= 0.6 is 0 Å². The third-order valence-electron chi connectivity index (χ3n) is 5.37. The van der Waals surface area contributed by atoms with Crippen LogP contribution in [0.25, 0.3) is 11.3 Å². The summed E-state index contributed by atoms with van der Waals surface area (Å²) in [7, 11) is 0. The molecule has 1 aliphatic rings. The fraction of sp³-hybridized carbons (Fsp3) is 0.417. The van der Waals surface area contributed by atoms with Crippen LogP contribution in [0.1, 0.15) is 56.2 Å². The number of aromatic nitrogens is 1. The zero-order chi connectivity index (χ0) is 23.1. The Morgan fingerprint density at radius 1 is 1.13 bits per heavy atom. The Hall–Kier alpha value is -2.96. The maximum Gasteiger partial charge on any atom is 0.221 e. The number of hydrogen-bond donors (Lipinski definition) is 1. The lowest BCUT2D eigenvalue weighted by Gasteiger charge is -2.21. The SMILES string of the molecule is Cc1cc(-c2ncc(F)cc2F)cc(C)c1C1C(=O)CC(CC(=O)NC(C)(C)C)C1=O. The molecule has 0 aliphatic heterocycles. The van der Waals surface area contributed by atoms with Crippen molar-refractivity contribution in [1.82, 2.24) is 10.3 Å². The predicted molar refractivity (Wildman–Crippen MR) is 112 cm³/mol.